The van der Waals surface area contributed by atoms with Gasteiger partial charge in [-0.1, -0.05) is 81.3 Å². The smallest absolute Gasteiger partial charge is 0.274 e. The molecule has 1 atom stereocenters. The van der Waals surface area contributed by atoms with Gasteiger partial charge >= 0.3 is 0 Å². The van der Waals surface area contributed by atoms with Crippen molar-refractivity contribution in [2.75, 3.05) is 52.5 Å². The number of unbranched alkanes of at least 4 members (excludes halogenated alkanes) is 2. The lowest BCUT2D eigenvalue weighted by Crippen LogP contribution is -2.46. The van der Waals surface area contributed by atoms with Crippen molar-refractivity contribution in [2.24, 2.45) is 0 Å². The molecule has 13 nitrogen and oxygen atoms in total. The minimum Gasteiger partial charge on any atom is -0.394 e. The van der Waals surface area contributed by atoms with Gasteiger partial charge in [0.2, 0.25) is 0 Å². The van der Waals surface area contributed by atoms with Crippen LogP contribution in [0.3, 0.4) is 0 Å². The van der Waals surface area contributed by atoms with E-state index in [1.807, 2.05) is 51.9 Å². The standard InChI is InChI=1S/C47H56N6O7S/c1-3-5-21-51(22-6-4-2)47(57)43-32-52(23-11-20-50-24-26-60-27-25-50)44(48-43)41-19-17-37(45(55)49-61(58,59)40-18-16-34-12-7-8-14-36(34)29-40)30-42(41)46(56)53-31-38-15-10-9-13-35(38)28-39(53)33-54/h7-10,12-19,29-30,32,39,54H,3-6,11,20-28,31,33H2,1-2H3,(H,49,55)/t39-/m0/s1. The number of aromatic nitrogens is 2. The average Bonchev–Trinajstić information content (AvgIpc) is 3.71. The number of nitrogens with zero attached hydrogens (tertiary/aromatic N) is 5. The second-order valence-corrected chi connectivity index (χ2v) is 17.6. The number of morpholine rings is 1. The van der Waals surface area contributed by atoms with Crippen LogP contribution in [0, 0.1) is 0 Å². The van der Waals surface area contributed by atoms with Crippen LogP contribution in [0.15, 0.2) is 96.0 Å². The summed E-state index contributed by atoms with van der Waals surface area (Å²) < 4.78 is 36.9. The minimum absolute atomic E-state index is 0.0542. The zero-order valence-corrected chi connectivity index (χ0v) is 35.9. The first kappa shape index (κ1) is 43.7. The van der Waals surface area contributed by atoms with Gasteiger partial charge in [-0.3, -0.25) is 19.3 Å². The molecule has 0 radical (unpaired) electrons. The van der Waals surface area contributed by atoms with E-state index in [1.54, 1.807) is 29.3 Å². The topological polar surface area (TPSA) is 154 Å². The summed E-state index contributed by atoms with van der Waals surface area (Å²) >= 11 is 0. The monoisotopic (exact) mass is 848 g/mol. The number of amides is 3. The number of fused-ring (bicyclic) bond motifs is 2. The molecule has 3 amide bonds. The van der Waals surface area contributed by atoms with E-state index in [0.717, 1.165) is 68.3 Å². The predicted octanol–water partition coefficient (Wildman–Crippen LogP) is 6.15. The SMILES string of the molecule is CCCCN(CCCC)C(=O)c1cn(CCCN2CCOCC2)c(-c2ccc(C(=O)NS(=O)(=O)c3ccc4ccccc4c3)cc2C(=O)N2Cc3ccccc3C[C@H]2CO)n1. The molecular weight excluding hydrogens is 793 g/mol. The van der Waals surface area contributed by atoms with Gasteiger partial charge in [-0.15, -0.1) is 0 Å². The molecule has 0 spiro atoms. The Labute approximate surface area is 358 Å². The fourth-order valence-electron chi connectivity index (χ4n) is 8.14. The summed E-state index contributed by atoms with van der Waals surface area (Å²) in [5.41, 5.74) is 2.66. The van der Waals surface area contributed by atoms with Crippen LogP contribution in [0.2, 0.25) is 0 Å². The predicted molar refractivity (Wildman–Crippen MR) is 235 cm³/mol. The molecule has 2 aliphatic rings. The number of aliphatic hydroxyl groups excluding tert-OH is 1. The van der Waals surface area contributed by atoms with Gasteiger partial charge in [0.1, 0.15) is 11.5 Å². The quantitative estimate of drug-likeness (QED) is 0.112. The Morgan fingerprint density at radius 2 is 1.56 bits per heavy atom. The molecule has 322 valence electrons. The number of benzene rings is 4. The fourth-order valence-corrected chi connectivity index (χ4v) is 9.15. The third-order valence-corrected chi connectivity index (χ3v) is 13.0. The molecule has 0 saturated carbocycles. The van der Waals surface area contributed by atoms with Crippen LogP contribution in [0.25, 0.3) is 22.2 Å². The number of nitrogens with one attached hydrogen (secondary N) is 1. The van der Waals surface area contributed by atoms with Crippen LogP contribution in [0.1, 0.15) is 88.3 Å². The van der Waals surface area contributed by atoms with Crippen molar-refractivity contribution in [3.8, 4) is 11.4 Å². The molecule has 5 aromatic rings. The van der Waals surface area contributed by atoms with Crippen molar-refractivity contribution in [3.05, 3.63) is 119 Å². The van der Waals surface area contributed by atoms with Gasteiger partial charge in [0.15, 0.2) is 0 Å². The van der Waals surface area contributed by atoms with Crippen molar-refractivity contribution >= 4 is 38.5 Å². The molecule has 2 N–H and O–H groups in total. The number of carbonyl (C=O) groups is 3. The summed E-state index contributed by atoms with van der Waals surface area (Å²) in [5.74, 6) is -1.18. The summed E-state index contributed by atoms with van der Waals surface area (Å²) in [4.78, 5) is 53.9. The number of rotatable bonds is 17. The highest BCUT2D eigenvalue weighted by molar-refractivity contribution is 7.90. The van der Waals surface area contributed by atoms with Gasteiger partial charge in [0.25, 0.3) is 27.7 Å². The van der Waals surface area contributed by atoms with Gasteiger partial charge in [0.05, 0.1) is 36.3 Å². The summed E-state index contributed by atoms with van der Waals surface area (Å²) in [6, 6.07) is 23.7. The van der Waals surface area contributed by atoms with Crippen molar-refractivity contribution < 1.29 is 32.6 Å². The summed E-state index contributed by atoms with van der Waals surface area (Å²) in [6.45, 7) is 9.59. The van der Waals surface area contributed by atoms with Gasteiger partial charge in [-0.05, 0) is 77.9 Å². The van der Waals surface area contributed by atoms with Crippen LogP contribution in [-0.4, -0.2) is 114 Å². The first-order valence-electron chi connectivity index (χ1n) is 21.5. The maximum atomic E-state index is 15.0. The Hall–Kier alpha value is -5.41. The molecule has 7 rings (SSSR count). The van der Waals surface area contributed by atoms with E-state index >= 15 is 4.79 Å². The summed E-state index contributed by atoms with van der Waals surface area (Å²) in [6.07, 6.45) is 6.50. The van der Waals surface area contributed by atoms with E-state index in [9.17, 15) is 23.1 Å². The Morgan fingerprint density at radius 3 is 2.28 bits per heavy atom. The molecule has 1 fully saturated rings. The largest absolute Gasteiger partial charge is 0.394 e. The van der Waals surface area contributed by atoms with E-state index < -0.39 is 27.9 Å². The summed E-state index contributed by atoms with van der Waals surface area (Å²) in [5, 5.41) is 12.2. The third-order valence-electron chi connectivity index (χ3n) is 11.7. The molecule has 0 aliphatic carbocycles. The van der Waals surface area contributed by atoms with Gasteiger partial charge in [-0.25, -0.2) is 18.1 Å². The lowest BCUT2D eigenvalue weighted by Gasteiger charge is -2.36. The lowest BCUT2D eigenvalue weighted by atomic mass is 9.92. The van der Waals surface area contributed by atoms with E-state index in [1.165, 1.54) is 24.3 Å². The molecular formula is C47H56N6O7S. The molecule has 2 aliphatic heterocycles. The van der Waals surface area contributed by atoms with Crippen LogP contribution >= 0.6 is 0 Å². The van der Waals surface area contributed by atoms with E-state index in [2.05, 4.69) is 23.5 Å². The molecule has 1 aromatic heterocycles. The van der Waals surface area contributed by atoms with Crippen molar-refractivity contribution in [1.82, 2.24) is 29.0 Å². The Kier molecular flexibility index (Phi) is 14.3. The number of ether oxygens (including phenoxy) is 1. The molecule has 0 bridgehead atoms. The Morgan fingerprint density at radius 1 is 0.852 bits per heavy atom. The maximum Gasteiger partial charge on any atom is 0.274 e. The lowest BCUT2D eigenvalue weighted by molar-refractivity contribution is 0.0369. The first-order valence-corrected chi connectivity index (χ1v) is 22.9. The first-order chi connectivity index (χ1) is 29.6. The van der Waals surface area contributed by atoms with Crippen molar-refractivity contribution in [1.29, 1.82) is 0 Å². The zero-order valence-electron chi connectivity index (χ0n) is 35.1. The molecule has 4 aromatic carbocycles. The van der Waals surface area contributed by atoms with Gasteiger partial charge < -0.3 is 24.2 Å². The second kappa shape index (κ2) is 20.0. The van der Waals surface area contributed by atoms with E-state index in [0.29, 0.717) is 56.0 Å². The van der Waals surface area contributed by atoms with Crippen molar-refractivity contribution in [2.45, 2.75) is 76.4 Å². The number of aryl methyl sites for hydroxylation is 1. The molecule has 14 heteroatoms. The highest BCUT2D eigenvalue weighted by atomic mass is 32.2. The zero-order chi connectivity index (χ0) is 42.9. The van der Waals surface area contributed by atoms with Crippen LogP contribution in [0.5, 0.6) is 0 Å². The minimum atomic E-state index is -4.31. The number of carbonyl (C=O) groups excluding carboxylic acids is 3. The number of hydrogen-bond acceptors (Lipinski definition) is 9. The normalized spacial score (nSPS) is 15.7. The van der Waals surface area contributed by atoms with Crippen LogP contribution < -0.4 is 4.72 Å². The van der Waals surface area contributed by atoms with Gasteiger partial charge in [0, 0.05) is 63.1 Å². The van der Waals surface area contributed by atoms with Crippen LogP contribution in [-0.2, 0) is 34.3 Å². The summed E-state index contributed by atoms with van der Waals surface area (Å²) in [7, 11) is -4.31. The average molecular weight is 849 g/mol. The molecule has 61 heavy (non-hydrogen) atoms. The van der Waals surface area contributed by atoms with Crippen LogP contribution in [0.4, 0.5) is 0 Å². The van der Waals surface area contributed by atoms with E-state index in [-0.39, 0.29) is 40.8 Å². The Balaban J connectivity index is 1.29. The number of hydrogen-bond donors (Lipinski definition) is 2. The molecule has 1 saturated heterocycles. The number of sulfonamides is 1. The van der Waals surface area contributed by atoms with Crippen molar-refractivity contribution in [3.63, 3.8) is 0 Å². The maximum absolute atomic E-state index is 15.0. The third kappa shape index (κ3) is 10.2. The van der Waals surface area contributed by atoms with Gasteiger partial charge in [-0.2, -0.15) is 0 Å². The fraction of sp³-hybridized carbons (Fsp3) is 0.404. The number of imidazole rings is 1. The second-order valence-electron chi connectivity index (χ2n) is 15.9. The van der Waals surface area contributed by atoms with E-state index in [4.69, 9.17) is 9.72 Å². The number of aliphatic hydroxyl groups is 1. The molecule has 3 heterocycles. The highest BCUT2D eigenvalue weighted by Gasteiger charge is 2.33. The Bertz CT molecular complexity index is 2450. The highest BCUT2D eigenvalue weighted by Crippen LogP contribution is 2.31. The molecule has 0 unspecified atom stereocenters.